The molecule has 130 valence electrons. The highest BCUT2D eigenvalue weighted by Crippen LogP contribution is 2.29. The Labute approximate surface area is 143 Å². The highest BCUT2D eigenvalue weighted by Gasteiger charge is 2.37. The minimum Gasteiger partial charge on any atom is -0.481 e. The molecule has 1 aromatic rings. The van der Waals surface area contributed by atoms with E-state index in [9.17, 15) is 9.59 Å². The van der Waals surface area contributed by atoms with Gasteiger partial charge in [0.05, 0.1) is 0 Å². The SMILES string of the molecule is CC(=O)c1cccc(OC(C)C(=O)N(C)C2CC3CCC(C2)N3)c1. The number of likely N-dealkylation sites (N-methyl/N-ethyl adjacent to an activating group) is 1. The molecule has 1 amide bonds. The Balaban J connectivity index is 1.61. The quantitative estimate of drug-likeness (QED) is 0.842. The van der Waals surface area contributed by atoms with Gasteiger partial charge in [0.1, 0.15) is 5.75 Å². The van der Waals surface area contributed by atoms with E-state index in [4.69, 9.17) is 4.74 Å². The van der Waals surface area contributed by atoms with Crippen LogP contribution in [0.3, 0.4) is 0 Å². The molecule has 1 aromatic carbocycles. The van der Waals surface area contributed by atoms with Gasteiger partial charge in [0.25, 0.3) is 5.91 Å². The third-order valence-corrected chi connectivity index (χ3v) is 5.24. The maximum absolute atomic E-state index is 12.7. The van der Waals surface area contributed by atoms with Gasteiger partial charge in [0.15, 0.2) is 11.9 Å². The van der Waals surface area contributed by atoms with Crippen molar-refractivity contribution in [2.75, 3.05) is 7.05 Å². The summed E-state index contributed by atoms with van der Waals surface area (Å²) < 4.78 is 5.79. The summed E-state index contributed by atoms with van der Waals surface area (Å²) in [6.07, 6.45) is 3.90. The molecule has 3 unspecified atom stereocenters. The number of nitrogens with zero attached hydrogens (tertiary/aromatic N) is 1. The van der Waals surface area contributed by atoms with E-state index in [2.05, 4.69) is 5.32 Å². The van der Waals surface area contributed by atoms with Crippen molar-refractivity contribution < 1.29 is 14.3 Å². The zero-order chi connectivity index (χ0) is 17.3. The average molecular weight is 330 g/mol. The number of ketones is 1. The number of ether oxygens (including phenoxy) is 1. The smallest absolute Gasteiger partial charge is 0.263 e. The van der Waals surface area contributed by atoms with Crippen LogP contribution in [0, 0.1) is 0 Å². The number of hydrogen-bond donors (Lipinski definition) is 1. The fourth-order valence-corrected chi connectivity index (χ4v) is 3.85. The van der Waals surface area contributed by atoms with E-state index in [1.54, 1.807) is 31.2 Å². The molecule has 2 heterocycles. The van der Waals surface area contributed by atoms with E-state index in [0.29, 0.717) is 23.4 Å². The number of amides is 1. The number of rotatable bonds is 5. The molecule has 2 bridgehead atoms. The van der Waals surface area contributed by atoms with Crippen molar-refractivity contribution in [2.24, 2.45) is 0 Å². The van der Waals surface area contributed by atoms with E-state index in [0.717, 1.165) is 12.8 Å². The Kier molecular flexibility index (Phi) is 4.90. The molecule has 2 aliphatic rings. The first-order valence-corrected chi connectivity index (χ1v) is 8.74. The molecule has 3 rings (SSSR count). The van der Waals surface area contributed by atoms with Crippen LogP contribution in [0.4, 0.5) is 0 Å². The summed E-state index contributed by atoms with van der Waals surface area (Å²) in [5.41, 5.74) is 0.593. The van der Waals surface area contributed by atoms with Gasteiger partial charge >= 0.3 is 0 Å². The number of piperidine rings is 1. The number of nitrogens with one attached hydrogen (secondary N) is 1. The molecule has 1 N–H and O–H groups in total. The Morgan fingerprint density at radius 2 is 1.92 bits per heavy atom. The van der Waals surface area contributed by atoms with Crippen molar-refractivity contribution in [2.45, 2.75) is 63.8 Å². The summed E-state index contributed by atoms with van der Waals surface area (Å²) in [6.45, 7) is 3.29. The van der Waals surface area contributed by atoms with Gasteiger partial charge in [-0.25, -0.2) is 0 Å². The first-order valence-electron chi connectivity index (χ1n) is 8.74. The van der Waals surface area contributed by atoms with E-state index in [-0.39, 0.29) is 17.7 Å². The van der Waals surface area contributed by atoms with Gasteiger partial charge in [0, 0.05) is 30.7 Å². The van der Waals surface area contributed by atoms with Crippen molar-refractivity contribution in [3.8, 4) is 5.75 Å². The van der Waals surface area contributed by atoms with Gasteiger partial charge < -0.3 is 15.0 Å². The minimum atomic E-state index is -0.565. The van der Waals surface area contributed by atoms with Crippen molar-refractivity contribution in [1.82, 2.24) is 10.2 Å². The Morgan fingerprint density at radius 1 is 1.25 bits per heavy atom. The van der Waals surface area contributed by atoms with Crippen LogP contribution in [-0.2, 0) is 4.79 Å². The van der Waals surface area contributed by atoms with Crippen LogP contribution >= 0.6 is 0 Å². The molecule has 3 atom stereocenters. The van der Waals surface area contributed by atoms with Crippen LogP contribution in [0.15, 0.2) is 24.3 Å². The second kappa shape index (κ2) is 6.93. The average Bonchev–Trinajstić information content (AvgIpc) is 2.91. The number of carbonyl (C=O) groups is 2. The summed E-state index contributed by atoms with van der Waals surface area (Å²) in [5.74, 6) is 0.540. The van der Waals surface area contributed by atoms with Gasteiger partial charge in [-0.05, 0) is 51.7 Å². The molecular weight excluding hydrogens is 304 g/mol. The normalized spacial score (nSPS) is 26.7. The molecule has 2 saturated heterocycles. The van der Waals surface area contributed by atoms with Gasteiger partial charge in [-0.1, -0.05) is 12.1 Å². The lowest BCUT2D eigenvalue weighted by molar-refractivity contribution is -0.139. The number of carbonyl (C=O) groups excluding carboxylic acids is 2. The van der Waals surface area contributed by atoms with Crippen LogP contribution in [-0.4, -0.2) is 47.9 Å². The van der Waals surface area contributed by atoms with Crippen LogP contribution in [0.2, 0.25) is 0 Å². The predicted octanol–water partition coefficient (Wildman–Crippen LogP) is 2.40. The number of fused-ring (bicyclic) bond motifs is 2. The van der Waals surface area contributed by atoms with Crippen molar-refractivity contribution >= 4 is 11.7 Å². The zero-order valence-corrected chi connectivity index (χ0v) is 14.6. The molecule has 5 heteroatoms. The standard InChI is InChI=1S/C19H26N2O3/c1-12(22)14-5-4-6-18(9-14)24-13(2)19(23)21(3)17-10-15-7-8-16(11-17)20-15/h4-6,9,13,15-17,20H,7-8,10-11H2,1-3H3. The Bertz CT molecular complexity index is 619. The van der Waals surface area contributed by atoms with Crippen molar-refractivity contribution in [3.63, 3.8) is 0 Å². The largest absolute Gasteiger partial charge is 0.481 e. The summed E-state index contributed by atoms with van der Waals surface area (Å²) in [4.78, 5) is 26.0. The van der Waals surface area contributed by atoms with Gasteiger partial charge in [-0.2, -0.15) is 0 Å². The Hall–Kier alpha value is -1.88. The molecule has 0 radical (unpaired) electrons. The van der Waals surface area contributed by atoms with Gasteiger partial charge in [-0.15, -0.1) is 0 Å². The Morgan fingerprint density at radius 3 is 2.54 bits per heavy atom. The molecule has 2 fully saturated rings. The third-order valence-electron chi connectivity index (χ3n) is 5.24. The van der Waals surface area contributed by atoms with Crippen molar-refractivity contribution in [1.29, 1.82) is 0 Å². The second-order valence-electron chi connectivity index (χ2n) is 7.06. The zero-order valence-electron chi connectivity index (χ0n) is 14.6. The maximum Gasteiger partial charge on any atom is 0.263 e. The van der Waals surface area contributed by atoms with E-state index in [1.807, 2.05) is 11.9 Å². The molecule has 0 spiro atoms. The predicted molar refractivity (Wildman–Crippen MR) is 92.3 cm³/mol. The lowest BCUT2D eigenvalue weighted by Crippen LogP contribution is -2.51. The molecule has 5 nitrogen and oxygen atoms in total. The van der Waals surface area contributed by atoms with Crippen LogP contribution in [0.1, 0.15) is 49.9 Å². The minimum absolute atomic E-state index is 0.00507. The lowest BCUT2D eigenvalue weighted by atomic mass is 9.98. The van der Waals surface area contributed by atoms with Gasteiger partial charge in [0.2, 0.25) is 0 Å². The van der Waals surface area contributed by atoms with Crippen LogP contribution in [0.5, 0.6) is 5.75 Å². The van der Waals surface area contributed by atoms with Crippen molar-refractivity contribution in [3.05, 3.63) is 29.8 Å². The molecule has 0 aliphatic carbocycles. The third kappa shape index (κ3) is 3.61. The topological polar surface area (TPSA) is 58.6 Å². The molecule has 24 heavy (non-hydrogen) atoms. The molecule has 0 aromatic heterocycles. The first-order chi connectivity index (χ1) is 11.4. The summed E-state index contributed by atoms with van der Waals surface area (Å²) in [7, 11) is 1.88. The summed E-state index contributed by atoms with van der Waals surface area (Å²) in [6, 6.07) is 8.37. The lowest BCUT2D eigenvalue weighted by Gasteiger charge is -2.36. The highest BCUT2D eigenvalue weighted by molar-refractivity contribution is 5.94. The monoisotopic (exact) mass is 330 g/mol. The molecular formula is C19H26N2O3. The number of benzene rings is 1. The molecule has 2 aliphatic heterocycles. The number of Topliss-reactive ketones (excluding diaryl/α,β-unsaturated/α-hetero) is 1. The highest BCUT2D eigenvalue weighted by atomic mass is 16.5. The molecule has 0 saturated carbocycles. The van der Waals surface area contributed by atoms with Crippen LogP contribution in [0.25, 0.3) is 0 Å². The summed E-state index contributed by atoms with van der Waals surface area (Å²) >= 11 is 0. The van der Waals surface area contributed by atoms with Gasteiger partial charge in [-0.3, -0.25) is 9.59 Å². The van der Waals surface area contributed by atoms with E-state index in [1.165, 1.54) is 19.8 Å². The van der Waals surface area contributed by atoms with E-state index < -0.39 is 6.10 Å². The van der Waals surface area contributed by atoms with Crippen LogP contribution < -0.4 is 10.1 Å². The summed E-state index contributed by atoms with van der Waals surface area (Å²) in [5, 5.41) is 3.60. The fraction of sp³-hybridized carbons (Fsp3) is 0.579. The maximum atomic E-state index is 12.7. The second-order valence-corrected chi connectivity index (χ2v) is 7.06. The first kappa shape index (κ1) is 17.0. The van der Waals surface area contributed by atoms with E-state index >= 15 is 0 Å². The number of hydrogen-bond acceptors (Lipinski definition) is 4. The fourth-order valence-electron chi connectivity index (χ4n) is 3.85.